The Morgan fingerprint density at radius 3 is 2.77 bits per heavy atom. The molecule has 0 radical (unpaired) electrons. The first-order valence-corrected chi connectivity index (χ1v) is 7.62. The molecule has 6 heteroatoms. The van der Waals surface area contributed by atoms with Gasteiger partial charge in [0.15, 0.2) is 0 Å². The zero-order chi connectivity index (χ0) is 16.1. The largest absolute Gasteiger partial charge is 0.472 e. The number of hydrogen-bond acceptors (Lipinski definition) is 4. The van der Waals surface area contributed by atoms with Gasteiger partial charge in [0.25, 0.3) is 0 Å². The molecule has 0 saturated carbocycles. The quantitative estimate of drug-likeness (QED) is 0.854. The number of nitrogens with zero attached hydrogens (tertiary/aromatic N) is 3. The highest BCUT2D eigenvalue weighted by molar-refractivity contribution is 5.93. The number of hydrogen-bond donors (Lipinski definition) is 1. The lowest BCUT2D eigenvalue weighted by atomic mass is 10.2. The summed E-state index contributed by atoms with van der Waals surface area (Å²) in [5.74, 6) is 0.693. The second kappa shape index (κ2) is 7.26. The number of carbonyl (C=O) groups is 1. The third-order valence-electron chi connectivity index (χ3n) is 3.71. The molecular weight excluding hydrogens is 280 g/mol. The summed E-state index contributed by atoms with van der Waals surface area (Å²) in [5, 5.41) is 7.19. The van der Waals surface area contributed by atoms with Crippen LogP contribution in [0.2, 0.25) is 0 Å². The molecule has 2 rings (SSSR count). The van der Waals surface area contributed by atoms with Gasteiger partial charge < -0.3 is 9.73 Å². The average Bonchev–Trinajstić information content (AvgIpc) is 3.15. The molecule has 0 aliphatic carbocycles. The van der Waals surface area contributed by atoms with E-state index >= 15 is 0 Å². The first-order chi connectivity index (χ1) is 10.5. The Kier molecular flexibility index (Phi) is 5.38. The standard InChI is InChI=1S/C16H24N4O2/c1-5-19(10-14-7-9-22-11-14)13(4)16(21)18-15-6-8-17-20(15)12(2)3/h6-9,11-13H,5,10H2,1-4H3,(H,18,21)/t13-/m1/s1. The SMILES string of the molecule is CCN(Cc1ccoc1)[C@H](C)C(=O)Nc1ccnn1C(C)C. The second-order valence-corrected chi connectivity index (χ2v) is 5.61. The maximum absolute atomic E-state index is 12.5. The zero-order valence-corrected chi connectivity index (χ0v) is 13.6. The minimum absolute atomic E-state index is 0.0345. The van der Waals surface area contributed by atoms with Crippen LogP contribution in [0.3, 0.4) is 0 Å². The molecule has 1 amide bonds. The van der Waals surface area contributed by atoms with Gasteiger partial charge in [-0.3, -0.25) is 9.69 Å². The highest BCUT2D eigenvalue weighted by atomic mass is 16.3. The molecule has 2 heterocycles. The normalized spacial score (nSPS) is 12.8. The summed E-state index contributed by atoms with van der Waals surface area (Å²) in [4.78, 5) is 14.6. The van der Waals surface area contributed by atoms with Gasteiger partial charge in [-0.1, -0.05) is 6.92 Å². The lowest BCUT2D eigenvalue weighted by Crippen LogP contribution is -2.41. The van der Waals surface area contributed by atoms with E-state index in [9.17, 15) is 4.79 Å². The molecule has 2 aromatic heterocycles. The Morgan fingerprint density at radius 2 is 2.18 bits per heavy atom. The first-order valence-electron chi connectivity index (χ1n) is 7.62. The molecule has 6 nitrogen and oxygen atoms in total. The summed E-state index contributed by atoms with van der Waals surface area (Å²) >= 11 is 0. The highest BCUT2D eigenvalue weighted by Gasteiger charge is 2.22. The fourth-order valence-electron chi connectivity index (χ4n) is 2.36. The molecular formula is C16H24N4O2. The molecule has 2 aromatic rings. The van der Waals surface area contributed by atoms with E-state index in [0.29, 0.717) is 6.54 Å². The summed E-state index contributed by atoms with van der Waals surface area (Å²) in [7, 11) is 0. The number of furan rings is 1. The highest BCUT2D eigenvalue weighted by Crippen LogP contribution is 2.15. The molecule has 0 spiro atoms. The van der Waals surface area contributed by atoms with Crippen LogP contribution in [0, 0.1) is 0 Å². The van der Waals surface area contributed by atoms with Gasteiger partial charge in [-0.25, -0.2) is 4.68 Å². The summed E-state index contributed by atoms with van der Waals surface area (Å²) < 4.78 is 6.89. The third-order valence-corrected chi connectivity index (χ3v) is 3.71. The van der Waals surface area contributed by atoms with Gasteiger partial charge in [0, 0.05) is 24.2 Å². The zero-order valence-electron chi connectivity index (χ0n) is 13.6. The predicted octanol–water partition coefficient (Wildman–Crippen LogP) is 2.91. The number of amides is 1. The van der Waals surface area contributed by atoms with Gasteiger partial charge in [-0.05, 0) is 33.4 Å². The number of likely N-dealkylation sites (N-methyl/N-ethyl adjacent to an activating group) is 1. The smallest absolute Gasteiger partial charge is 0.242 e. The molecule has 0 aromatic carbocycles. The number of anilines is 1. The Morgan fingerprint density at radius 1 is 1.41 bits per heavy atom. The lowest BCUT2D eigenvalue weighted by molar-refractivity contribution is -0.120. The van der Waals surface area contributed by atoms with Crippen molar-refractivity contribution in [3.05, 3.63) is 36.4 Å². The van der Waals surface area contributed by atoms with E-state index in [1.54, 1.807) is 23.4 Å². The van der Waals surface area contributed by atoms with Crippen molar-refractivity contribution >= 4 is 11.7 Å². The Labute approximate surface area is 131 Å². The van der Waals surface area contributed by atoms with Crippen LogP contribution in [0.25, 0.3) is 0 Å². The van der Waals surface area contributed by atoms with Crippen LogP contribution in [0.4, 0.5) is 5.82 Å². The van der Waals surface area contributed by atoms with E-state index in [1.807, 2.05) is 39.8 Å². The van der Waals surface area contributed by atoms with E-state index in [-0.39, 0.29) is 18.0 Å². The van der Waals surface area contributed by atoms with Crippen molar-refractivity contribution in [2.45, 2.75) is 46.3 Å². The minimum atomic E-state index is -0.240. The van der Waals surface area contributed by atoms with E-state index in [4.69, 9.17) is 4.42 Å². The Hall–Kier alpha value is -2.08. The average molecular weight is 304 g/mol. The second-order valence-electron chi connectivity index (χ2n) is 5.61. The molecule has 0 aliphatic rings. The van der Waals surface area contributed by atoms with Crippen molar-refractivity contribution in [2.75, 3.05) is 11.9 Å². The maximum atomic E-state index is 12.5. The molecule has 0 fully saturated rings. The van der Waals surface area contributed by atoms with Crippen LogP contribution < -0.4 is 5.32 Å². The van der Waals surface area contributed by atoms with Crippen molar-refractivity contribution in [1.82, 2.24) is 14.7 Å². The summed E-state index contributed by atoms with van der Waals surface area (Å²) in [5.41, 5.74) is 1.06. The van der Waals surface area contributed by atoms with Gasteiger partial charge in [0.2, 0.25) is 5.91 Å². The van der Waals surface area contributed by atoms with Gasteiger partial charge in [0.05, 0.1) is 24.8 Å². The number of nitrogens with one attached hydrogen (secondary N) is 1. The molecule has 0 unspecified atom stereocenters. The molecule has 0 saturated heterocycles. The van der Waals surface area contributed by atoms with Crippen LogP contribution in [-0.2, 0) is 11.3 Å². The van der Waals surface area contributed by atoms with E-state index in [0.717, 1.165) is 17.9 Å². The fraction of sp³-hybridized carbons (Fsp3) is 0.500. The summed E-state index contributed by atoms with van der Waals surface area (Å²) in [6, 6.07) is 3.70. The van der Waals surface area contributed by atoms with E-state index < -0.39 is 0 Å². The summed E-state index contributed by atoms with van der Waals surface area (Å²) in [6.45, 7) is 9.48. The van der Waals surface area contributed by atoms with Crippen LogP contribution in [0.5, 0.6) is 0 Å². The molecule has 1 atom stereocenters. The van der Waals surface area contributed by atoms with Crippen molar-refractivity contribution in [1.29, 1.82) is 0 Å². The first kappa shape index (κ1) is 16.3. The van der Waals surface area contributed by atoms with Crippen molar-refractivity contribution in [3.8, 4) is 0 Å². The van der Waals surface area contributed by atoms with Crippen molar-refractivity contribution in [2.24, 2.45) is 0 Å². The van der Waals surface area contributed by atoms with E-state index in [1.165, 1.54) is 0 Å². The van der Waals surface area contributed by atoms with Crippen LogP contribution >= 0.6 is 0 Å². The van der Waals surface area contributed by atoms with Crippen LogP contribution in [-0.4, -0.2) is 33.2 Å². The Balaban J connectivity index is 2.02. The maximum Gasteiger partial charge on any atom is 0.242 e. The Bertz CT molecular complexity index is 589. The van der Waals surface area contributed by atoms with Gasteiger partial charge >= 0.3 is 0 Å². The van der Waals surface area contributed by atoms with Gasteiger partial charge in [-0.2, -0.15) is 5.10 Å². The fourth-order valence-corrected chi connectivity index (χ4v) is 2.36. The molecule has 0 aliphatic heterocycles. The molecule has 0 bridgehead atoms. The number of aromatic nitrogens is 2. The van der Waals surface area contributed by atoms with Crippen molar-refractivity contribution < 1.29 is 9.21 Å². The molecule has 1 N–H and O–H groups in total. The van der Waals surface area contributed by atoms with Crippen molar-refractivity contribution in [3.63, 3.8) is 0 Å². The van der Waals surface area contributed by atoms with E-state index in [2.05, 4.69) is 15.3 Å². The molecule has 120 valence electrons. The summed E-state index contributed by atoms with van der Waals surface area (Å²) in [6.07, 6.45) is 5.06. The topological polar surface area (TPSA) is 63.3 Å². The third kappa shape index (κ3) is 3.76. The molecule has 22 heavy (non-hydrogen) atoms. The predicted molar refractivity (Wildman–Crippen MR) is 85.5 cm³/mol. The van der Waals surface area contributed by atoms with Gasteiger partial charge in [-0.15, -0.1) is 0 Å². The minimum Gasteiger partial charge on any atom is -0.472 e. The number of rotatable bonds is 7. The lowest BCUT2D eigenvalue weighted by Gasteiger charge is -2.26. The van der Waals surface area contributed by atoms with Crippen LogP contribution in [0.1, 0.15) is 39.3 Å². The monoisotopic (exact) mass is 304 g/mol. The number of carbonyl (C=O) groups excluding carboxylic acids is 1. The van der Waals surface area contributed by atoms with Gasteiger partial charge in [0.1, 0.15) is 5.82 Å². The van der Waals surface area contributed by atoms with Crippen LogP contribution in [0.15, 0.2) is 35.3 Å².